The van der Waals surface area contributed by atoms with Crippen molar-refractivity contribution < 1.29 is 4.79 Å². The summed E-state index contributed by atoms with van der Waals surface area (Å²) in [7, 11) is 0. The number of carbonyl (C=O) groups excluding carboxylic acids is 1. The molecule has 0 saturated carbocycles. The summed E-state index contributed by atoms with van der Waals surface area (Å²) in [6.07, 6.45) is 1.90. The van der Waals surface area contributed by atoms with Crippen molar-refractivity contribution in [2.45, 2.75) is 13.3 Å². The Labute approximate surface area is 100 Å². The van der Waals surface area contributed by atoms with Gasteiger partial charge in [0.15, 0.2) is 6.29 Å². The molecule has 0 N–H and O–H groups in total. The number of fused-ring (bicyclic) bond motifs is 1. The average Bonchev–Trinajstić information content (AvgIpc) is 2.56. The number of thiophene rings is 1. The highest BCUT2D eigenvalue weighted by Crippen LogP contribution is 2.33. The maximum Gasteiger partial charge on any atom is 0.160 e. The molecule has 2 rings (SSSR count). The van der Waals surface area contributed by atoms with Crippen LogP contribution in [0.1, 0.15) is 22.2 Å². The lowest BCUT2D eigenvalue weighted by molar-refractivity contribution is 0.112. The molecule has 0 unspecified atom stereocenters. The number of hydrogen-bond donors (Lipinski definition) is 0. The van der Waals surface area contributed by atoms with E-state index in [0.29, 0.717) is 0 Å². The number of rotatable bonds is 2. The van der Waals surface area contributed by atoms with E-state index in [4.69, 9.17) is 0 Å². The van der Waals surface area contributed by atoms with Crippen LogP contribution in [0.5, 0.6) is 0 Å². The van der Waals surface area contributed by atoms with E-state index in [1.165, 1.54) is 19.2 Å². The van der Waals surface area contributed by atoms with E-state index in [1.807, 2.05) is 6.07 Å². The van der Waals surface area contributed by atoms with Crippen molar-refractivity contribution in [1.82, 2.24) is 0 Å². The van der Waals surface area contributed by atoms with E-state index >= 15 is 0 Å². The molecule has 1 aromatic carbocycles. The number of aldehydes is 1. The van der Waals surface area contributed by atoms with Crippen LogP contribution in [0.2, 0.25) is 0 Å². The van der Waals surface area contributed by atoms with Crippen molar-refractivity contribution in [2.75, 3.05) is 0 Å². The minimum Gasteiger partial charge on any atom is -0.297 e. The molecule has 0 fully saturated rings. The van der Waals surface area contributed by atoms with Crippen molar-refractivity contribution >= 4 is 50.3 Å². The molecule has 14 heavy (non-hydrogen) atoms. The Morgan fingerprint density at radius 1 is 1.50 bits per heavy atom. The molecule has 0 amide bonds. The smallest absolute Gasteiger partial charge is 0.160 e. The van der Waals surface area contributed by atoms with Crippen molar-refractivity contribution in [3.63, 3.8) is 0 Å². The van der Waals surface area contributed by atoms with E-state index in [1.54, 1.807) is 11.3 Å². The molecule has 0 atom stereocenters. The van der Waals surface area contributed by atoms with Gasteiger partial charge in [0.25, 0.3) is 0 Å². The quantitative estimate of drug-likeness (QED) is 0.607. The zero-order valence-corrected chi connectivity index (χ0v) is 10.7. The second-order valence-electron chi connectivity index (χ2n) is 3.03. The molecular formula is C11H9IOS. The summed E-state index contributed by atoms with van der Waals surface area (Å²) in [5, 5.41) is 1.27. The van der Waals surface area contributed by atoms with E-state index in [-0.39, 0.29) is 0 Å². The highest BCUT2D eigenvalue weighted by molar-refractivity contribution is 14.1. The first-order chi connectivity index (χ1) is 6.77. The van der Waals surface area contributed by atoms with Gasteiger partial charge in [-0.25, -0.2) is 0 Å². The van der Waals surface area contributed by atoms with E-state index < -0.39 is 0 Å². The van der Waals surface area contributed by atoms with Crippen molar-refractivity contribution in [1.29, 1.82) is 0 Å². The fourth-order valence-electron chi connectivity index (χ4n) is 1.63. The molecule has 0 spiro atoms. The largest absolute Gasteiger partial charge is 0.297 e. The van der Waals surface area contributed by atoms with Gasteiger partial charge in [-0.2, -0.15) is 0 Å². The Bertz CT molecular complexity index is 487. The maximum atomic E-state index is 10.9. The van der Waals surface area contributed by atoms with Crippen LogP contribution in [0.3, 0.4) is 0 Å². The van der Waals surface area contributed by atoms with E-state index in [9.17, 15) is 4.79 Å². The Hall–Kier alpha value is -0.420. The first kappa shape index (κ1) is 10.1. The van der Waals surface area contributed by atoms with Gasteiger partial charge < -0.3 is 0 Å². The predicted molar refractivity (Wildman–Crippen MR) is 69.3 cm³/mol. The first-order valence-electron chi connectivity index (χ1n) is 4.43. The lowest BCUT2D eigenvalue weighted by Gasteiger charge is -1.97. The number of aryl methyl sites for hydroxylation is 1. The summed E-state index contributed by atoms with van der Waals surface area (Å²) in [6, 6.07) is 6.20. The fraction of sp³-hybridized carbons (Fsp3) is 0.182. The molecular weight excluding hydrogens is 307 g/mol. The van der Waals surface area contributed by atoms with Crippen LogP contribution in [0.25, 0.3) is 10.1 Å². The van der Waals surface area contributed by atoms with Crippen LogP contribution in [0.15, 0.2) is 18.2 Å². The van der Waals surface area contributed by atoms with Crippen LogP contribution < -0.4 is 0 Å². The van der Waals surface area contributed by atoms with E-state index in [0.717, 1.165) is 17.6 Å². The lowest BCUT2D eigenvalue weighted by atomic mass is 10.1. The molecule has 0 bridgehead atoms. The predicted octanol–water partition coefficient (Wildman–Crippen LogP) is 3.88. The molecule has 1 nitrogen and oxygen atoms in total. The monoisotopic (exact) mass is 316 g/mol. The van der Waals surface area contributed by atoms with Gasteiger partial charge in [-0.3, -0.25) is 4.79 Å². The van der Waals surface area contributed by atoms with Gasteiger partial charge >= 0.3 is 0 Å². The zero-order valence-electron chi connectivity index (χ0n) is 7.71. The van der Waals surface area contributed by atoms with Gasteiger partial charge in [-0.05, 0) is 46.7 Å². The highest BCUT2D eigenvalue weighted by atomic mass is 127. The zero-order chi connectivity index (χ0) is 10.1. The minimum absolute atomic E-state index is 0.881. The SMILES string of the molecule is CCc1c(C=O)sc2cccc(I)c12. The second-order valence-corrected chi connectivity index (χ2v) is 5.28. The van der Waals surface area contributed by atoms with Gasteiger partial charge in [-0.1, -0.05) is 13.0 Å². The average molecular weight is 316 g/mol. The van der Waals surface area contributed by atoms with E-state index in [2.05, 4.69) is 41.6 Å². The van der Waals surface area contributed by atoms with Gasteiger partial charge in [-0.15, -0.1) is 11.3 Å². The topological polar surface area (TPSA) is 17.1 Å². The Morgan fingerprint density at radius 2 is 2.29 bits per heavy atom. The third-order valence-electron chi connectivity index (χ3n) is 2.26. The van der Waals surface area contributed by atoms with Crippen molar-refractivity contribution in [2.24, 2.45) is 0 Å². The maximum absolute atomic E-state index is 10.9. The Kier molecular flexibility index (Phi) is 2.88. The number of carbonyl (C=O) groups is 1. The third kappa shape index (κ3) is 1.48. The van der Waals surface area contributed by atoms with Crippen molar-refractivity contribution in [3.05, 3.63) is 32.2 Å². The summed E-state index contributed by atoms with van der Waals surface area (Å²) in [4.78, 5) is 11.8. The Morgan fingerprint density at radius 3 is 2.93 bits per heavy atom. The summed E-state index contributed by atoms with van der Waals surface area (Å²) < 4.78 is 2.46. The van der Waals surface area contributed by atoms with Crippen LogP contribution in [0, 0.1) is 3.57 Å². The minimum atomic E-state index is 0.881. The highest BCUT2D eigenvalue weighted by Gasteiger charge is 2.11. The standard InChI is InChI=1S/C11H9IOS/c1-2-7-10(6-13)14-9-5-3-4-8(12)11(7)9/h3-6H,2H2,1H3. The number of hydrogen-bond acceptors (Lipinski definition) is 2. The summed E-state index contributed by atoms with van der Waals surface area (Å²) in [5.41, 5.74) is 1.20. The number of halogens is 1. The summed E-state index contributed by atoms with van der Waals surface area (Å²) >= 11 is 3.92. The number of benzene rings is 1. The van der Waals surface area contributed by atoms with Crippen LogP contribution in [-0.4, -0.2) is 6.29 Å². The molecule has 0 saturated heterocycles. The second kappa shape index (κ2) is 3.98. The summed E-state index contributed by atoms with van der Waals surface area (Å²) in [6.45, 7) is 2.09. The van der Waals surface area contributed by atoms with Crippen molar-refractivity contribution in [3.8, 4) is 0 Å². The molecule has 0 aliphatic heterocycles. The normalized spacial score (nSPS) is 10.7. The van der Waals surface area contributed by atoms with Crippen LogP contribution in [-0.2, 0) is 6.42 Å². The fourth-order valence-corrected chi connectivity index (χ4v) is 3.77. The Balaban J connectivity index is 2.88. The molecule has 72 valence electrons. The molecule has 1 aromatic heterocycles. The van der Waals surface area contributed by atoms with Crippen LogP contribution >= 0.6 is 33.9 Å². The molecule has 1 heterocycles. The van der Waals surface area contributed by atoms with Gasteiger partial charge in [0.1, 0.15) is 0 Å². The summed E-state index contributed by atoms with van der Waals surface area (Å²) in [5.74, 6) is 0. The van der Waals surface area contributed by atoms with Gasteiger partial charge in [0.05, 0.1) is 4.88 Å². The first-order valence-corrected chi connectivity index (χ1v) is 6.32. The van der Waals surface area contributed by atoms with Gasteiger partial charge in [0.2, 0.25) is 0 Å². The molecule has 3 heteroatoms. The molecule has 2 aromatic rings. The molecule has 0 aliphatic carbocycles. The van der Waals surface area contributed by atoms with Crippen LogP contribution in [0.4, 0.5) is 0 Å². The molecule has 0 radical (unpaired) electrons. The third-order valence-corrected chi connectivity index (χ3v) is 4.28. The molecule has 0 aliphatic rings. The lowest BCUT2D eigenvalue weighted by Crippen LogP contribution is -1.85. The van der Waals surface area contributed by atoms with Gasteiger partial charge in [0, 0.05) is 13.7 Å².